The maximum absolute atomic E-state index is 13.0. The first-order valence-corrected chi connectivity index (χ1v) is 10.8. The number of ether oxygens (including phenoxy) is 1. The smallest absolute Gasteiger partial charge is 0.253 e. The predicted molar refractivity (Wildman–Crippen MR) is 121 cm³/mol. The molecule has 0 atom stereocenters. The Bertz CT molecular complexity index is 1050. The van der Waals surface area contributed by atoms with Crippen molar-refractivity contribution in [3.05, 3.63) is 82.7 Å². The van der Waals surface area contributed by atoms with Gasteiger partial charge in [0, 0.05) is 57.1 Å². The van der Waals surface area contributed by atoms with Gasteiger partial charge in [0.05, 0.1) is 6.20 Å². The second-order valence-electron chi connectivity index (χ2n) is 8.35. The number of aromatic nitrogens is 2. The second kappa shape index (κ2) is 9.35. The van der Waals surface area contributed by atoms with Crippen molar-refractivity contribution in [2.75, 3.05) is 26.2 Å². The van der Waals surface area contributed by atoms with Crippen molar-refractivity contribution in [2.45, 2.75) is 27.0 Å². The number of hydrogen-bond donors (Lipinski definition) is 0. The normalized spacial score (nSPS) is 14.6. The van der Waals surface area contributed by atoms with E-state index in [9.17, 15) is 4.79 Å². The minimum Gasteiger partial charge on any atom is -0.489 e. The Morgan fingerprint density at radius 3 is 2.55 bits per heavy atom. The van der Waals surface area contributed by atoms with Gasteiger partial charge in [-0.2, -0.15) is 5.10 Å². The van der Waals surface area contributed by atoms with Gasteiger partial charge in [0.2, 0.25) is 0 Å². The minimum absolute atomic E-state index is 0.0920. The van der Waals surface area contributed by atoms with Crippen LogP contribution >= 0.6 is 0 Å². The average Bonchev–Trinajstić information content (AvgIpc) is 3.18. The van der Waals surface area contributed by atoms with Gasteiger partial charge in [-0.05, 0) is 43.2 Å². The third-order valence-corrected chi connectivity index (χ3v) is 5.72. The van der Waals surface area contributed by atoms with Gasteiger partial charge in [-0.3, -0.25) is 14.4 Å². The number of aryl methyl sites for hydroxylation is 3. The number of amides is 1. The van der Waals surface area contributed by atoms with Crippen LogP contribution in [0.15, 0.2) is 54.9 Å². The van der Waals surface area contributed by atoms with E-state index in [4.69, 9.17) is 4.74 Å². The summed E-state index contributed by atoms with van der Waals surface area (Å²) in [6.45, 7) is 8.67. The zero-order valence-corrected chi connectivity index (χ0v) is 18.5. The number of benzene rings is 2. The lowest BCUT2D eigenvalue weighted by Crippen LogP contribution is -2.48. The SMILES string of the molecule is Cc1ccc(OCc2cccc(C(=O)N3CCN(Cc4cnn(C)c4)CC3)c2)c(C)c1. The van der Waals surface area contributed by atoms with Crippen LogP contribution in [-0.4, -0.2) is 51.7 Å². The van der Waals surface area contributed by atoms with Crippen LogP contribution in [0.4, 0.5) is 0 Å². The van der Waals surface area contributed by atoms with E-state index >= 15 is 0 Å². The molecular weight excluding hydrogens is 388 g/mol. The van der Waals surface area contributed by atoms with Gasteiger partial charge in [0.1, 0.15) is 12.4 Å². The highest BCUT2D eigenvalue weighted by Crippen LogP contribution is 2.20. The van der Waals surface area contributed by atoms with Crippen LogP contribution in [0.5, 0.6) is 5.75 Å². The molecule has 3 aromatic rings. The van der Waals surface area contributed by atoms with Gasteiger partial charge in [0.25, 0.3) is 5.91 Å². The standard InChI is InChI=1S/C25H30N4O2/c1-19-7-8-24(20(2)13-19)31-18-21-5-4-6-23(14-21)25(30)29-11-9-28(10-12-29)17-22-15-26-27(3)16-22/h4-8,13-16H,9-12,17-18H2,1-3H3. The predicted octanol–water partition coefficient (Wildman–Crippen LogP) is 3.57. The lowest BCUT2D eigenvalue weighted by molar-refractivity contribution is 0.0628. The van der Waals surface area contributed by atoms with Gasteiger partial charge >= 0.3 is 0 Å². The molecule has 0 N–H and O–H groups in total. The topological polar surface area (TPSA) is 50.6 Å². The van der Waals surface area contributed by atoms with Crippen LogP contribution in [0.2, 0.25) is 0 Å². The fraction of sp³-hybridized carbons (Fsp3) is 0.360. The summed E-state index contributed by atoms with van der Waals surface area (Å²) in [4.78, 5) is 17.4. The van der Waals surface area contributed by atoms with E-state index in [1.54, 1.807) is 0 Å². The molecule has 1 aliphatic heterocycles. The van der Waals surface area contributed by atoms with E-state index in [1.165, 1.54) is 11.1 Å². The maximum atomic E-state index is 13.0. The van der Waals surface area contributed by atoms with Gasteiger partial charge < -0.3 is 9.64 Å². The highest BCUT2D eigenvalue weighted by atomic mass is 16.5. The summed E-state index contributed by atoms with van der Waals surface area (Å²) in [7, 11) is 1.93. The van der Waals surface area contributed by atoms with Crippen molar-refractivity contribution >= 4 is 5.91 Å². The molecule has 0 aliphatic carbocycles. The number of nitrogens with zero attached hydrogens (tertiary/aromatic N) is 4. The Labute approximate surface area is 184 Å². The third kappa shape index (κ3) is 5.33. The van der Waals surface area contributed by atoms with Crippen LogP contribution in [0.25, 0.3) is 0 Å². The van der Waals surface area contributed by atoms with Crippen molar-refractivity contribution in [1.82, 2.24) is 19.6 Å². The first kappa shape index (κ1) is 21.1. The zero-order chi connectivity index (χ0) is 21.8. The molecule has 2 aromatic carbocycles. The van der Waals surface area contributed by atoms with E-state index in [0.717, 1.165) is 55.2 Å². The van der Waals surface area contributed by atoms with Crippen LogP contribution in [0.1, 0.15) is 32.6 Å². The summed E-state index contributed by atoms with van der Waals surface area (Å²) in [5, 5.41) is 4.23. The molecule has 1 amide bonds. The van der Waals surface area contributed by atoms with Crippen molar-refractivity contribution in [3.63, 3.8) is 0 Å². The van der Waals surface area contributed by atoms with Crippen molar-refractivity contribution < 1.29 is 9.53 Å². The average molecular weight is 419 g/mol. The van der Waals surface area contributed by atoms with E-state index in [-0.39, 0.29) is 5.91 Å². The molecule has 2 heterocycles. The Hall–Kier alpha value is -3.12. The Morgan fingerprint density at radius 2 is 1.84 bits per heavy atom. The summed E-state index contributed by atoms with van der Waals surface area (Å²) < 4.78 is 7.82. The number of piperazine rings is 1. The molecule has 162 valence electrons. The fourth-order valence-corrected chi connectivity index (χ4v) is 4.02. The molecule has 0 spiro atoms. The number of carbonyl (C=O) groups excluding carboxylic acids is 1. The molecular formula is C25H30N4O2. The van der Waals surface area contributed by atoms with E-state index < -0.39 is 0 Å². The highest BCUT2D eigenvalue weighted by Gasteiger charge is 2.22. The molecule has 0 radical (unpaired) electrons. The van der Waals surface area contributed by atoms with Crippen LogP contribution in [-0.2, 0) is 20.2 Å². The molecule has 6 nitrogen and oxygen atoms in total. The molecule has 1 aliphatic rings. The largest absolute Gasteiger partial charge is 0.489 e. The molecule has 1 saturated heterocycles. The summed E-state index contributed by atoms with van der Waals surface area (Å²) in [6, 6.07) is 14.0. The number of rotatable bonds is 6. The van der Waals surface area contributed by atoms with Crippen LogP contribution in [0, 0.1) is 13.8 Å². The summed E-state index contributed by atoms with van der Waals surface area (Å²) in [6.07, 6.45) is 3.95. The molecule has 0 unspecified atom stereocenters. The van der Waals surface area contributed by atoms with Gasteiger partial charge in [-0.1, -0.05) is 29.8 Å². The molecule has 0 saturated carbocycles. The quantitative estimate of drug-likeness (QED) is 0.614. The Morgan fingerprint density at radius 1 is 1.03 bits per heavy atom. The first-order chi connectivity index (χ1) is 15.0. The zero-order valence-electron chi connectivity index (χ0n) is 18.5. The monoisotopic (exact) mass is 418 g/mol. The highest BCUT2D eigenvalue weighted by molar-refractivity contribution is 5.94. The Balaban J connectivity index is 1.32. The molecule has 1 aromatic heterocycles. The lowest BCUT2D eigenvalue weighted by atomic mass is 10.1. The lowest BCUT2D eigenvalue weighted by Gasteiger charge is -2.34. The van der Waals surface area contributed by atoms with Crippen LogP contribution < -0.4 is 4.74 Å². The summed E-state index contributed by atoms with van der Waals surface area (Å²) >= 11 is 0. The van der Waals surface area contributed by atoms with E-state index in [0.29, 0.717) is 6.61 Å². The van der Waals surface area contributed by atoms with Gasteiger partial charge in [0.15, 0.2) is 0 Å². The molecule has 0 bridgehead atoms. The van der Waals surface area contributed by atoms with Gasteiger partial charge in [-0.25, -0.2) is 0 Å². The van der Waals surface area contributed by atoms with E-state index in [2.05, 4.69) is 36.0 Å². The number of carbonyl (C=O) groups is 1. The minimum atomic E-state index is 0.0920. The summed E-state index contributed by atoms with van der Waals surface area (Å²) in [5.41, 5.74) is 5.27. The molecule has 1 fully saturated rings. The maximum Gasteiger partial charge on any atom is 0.253 e. The van der Waals surface area contributed by atoms with Crippen LogP contribution in [0.3, 0.4) is 0 Å². The molecule has 4 rings (SSSR count). The van der Waals surface area contributed by atoms with Crippen molar-refractivity contribution in [1.29, 1.82) is 0 Å². The Kier molecular flexibility index (Phi) is 6.37. The fourth-order valence-electron chi connectivity index (χ4n) is 4.02. The first-order valence-electron chi connectivity index (χ1n) is 10.8. The molecule has 6 heteroatoms. The second-order valence-corrected chi connectivity index (χ2v) is 8.35. The van der Waals surface area contributed by atoms with Crippen molar-refractivity contribution in [3.8, 4) is 5.75 Å². The van der Waals surface area contributed by atoms with E-state index in [1.807, 2.05) is 59.4 Å². The van der Waals surface area contributed by atoms with Gasteiger partial charge in [-0.15, -0.1) is 0 Å². The third-order valence-electron chi connectivity index (χ3n) is 5.72. The molecule has 31 heavy (non-hydrogen) atoms. The summed E-state index contributed by atoms with van der Waals surface area (Å²) in [5.74, 6) is 0.974. The number of hydrogen-bond acceptors (Lipinski definition) is 4. The van der Waals surface area contributed by atoms with Crippen molar-refractivity contribution in [2.24, 2.45) is 7.05 Å².